The fourth-order valence-electron chi connectivity index (χ4n) is 3.48. The molecule has 1 aromatic rings. The lowest BCUT2D eigenvalue weighted by molar-refractivity contribution is -0.115. The van der Waals surface area contributed by atoms with Gasteiger partial charge in [0.15, 0.2) is 0 Å². The Bertz CT molecular complexity index is 531. The Morgan fingerprint density at radius 1 is 0.724 bits per heavy atom. The lowest BCUT2D eigenvalue weighted by atomic mass is 10.0. The molecule has 29 heavy (non-hydrogen) atoms. The molecule has 0 aliphatic heterocycles. The van der Waals surface area contributed by atoms with E-state index in [9.17, 15) is 4.79 Å². The molecule has 0 aromatic heterocycles. The number of unbranched alkanes of at least 4 members (excludes halogenated alkanes) is 13. The summed E-state index contributed by atoms with van der Waals surface area (Å²) in [6, 6.07) is 5.03. The molecule has 1 aromatic carbocycles. The van der Waals surface area contributed by atoms with Crippen molar-refractivity contribution in [3.05, 3.63) is 28.2 Å². The minimum Gasteiger partial charge on any atom is -0.325 e. The van der Waals surface area contributed by atoms with Gasteiger partial charge in [0.05, 0.1) is 6.54 Å². The number of anilines is 1. The van der Waals surface area contributed by atoms with Crippen LogP contribution in [0, 0.1) is 0 Å². The van der Waals surface area contributed by atoms with Gasteiger partial charge >= 0.3 is 0 Å². The molecule has 3 nitrogen and oxygen atoms in total. The summed E-state index contributed by atoms with van der Waals surface area (Å²) < 4.78 is 0. The lowest BCUT2D eigenvalue weighted by Gasteiger charge is -2.08. The molecule has 166 valence electrons. The van der Waals surface area contributed by atoms with E-state index in [1.54, 1.807) is 18.2 Å². The zero-order valence-corrected chi connectivity index (χ0v) is 19.7. The first-order chi connectivity index (χ1) is 14.1. The highest BCUT2D eigenvalue weighted by Crippen LogP contribution is 2.22. The van der Waals surface area contributed by atoms with E-state index in [2.05, 4.69) is 17.6 Å². The van der Waals surface area contributed by atoms with E-state index >= 15 is 0 Å². The molecule has 1 amide bonds. The summed E-state index contributed by atoms with van der Waals surface area (Å²) in [7, 11) is 0. The summed E-state index contributed by atoms with van der Waals surface area (Å²) >= 11 is 11.9. The second kappa shape index (κ2) is 18.0. The van der Waals surface area contributed by atoms with Crippen molar-refractivity contribution in [2.75, 3.05) is 18.4 Å². The summed E-state index contributed by atoms with van der Waals surface area (Å²) in [6.07, 6.45) is 19.0. The van der Waals surface area contributed by atoms with Crippen LogP contribution in [-0.2, 0) is 4.79 Å². The number of hydrogen-bond acceptors (Lipinski definition) is 2. The molecule has 0 heterocycles. The Morgan fingerprint density at radius 2 is 1.17 bits per heavy atom. The van der Waals surface area contributed by atoms with Crippen molar-refractivity contribution >= 4 is 34.8 Å². The molecule has 0 aliphatic rings. The van der Waals surface area contributed by atoms with Gasteiger partial charge in [-0.2, -0.15) is 0 Å². The normalized spacial score (nSPS) is 11.0. The third kappa shape index (κ3) is 15.7. The number of carbonyl (C=O) groups excluding carboxylic acids is 1. The number of rotatable bonds is 18. The summed E-state index contributed by atoms with van der Waals surface area (Å²) in [4.78, 5) is 11.9. The lowest BCUT2D eigenvalue weighted by Crippen LogP contribution is -2.28. The predicted molar refractivity (Wildman–Crippen MR) is 128 cm³/mol. The predicted octanol–water partition coefficient (Wildman–Crippen LogP) is 8.00. The largest absolute Gasteiger partial charge is 0.325 e. The number of halogens is 2. The minimum atomic E-state index is -0.0753. The highest BCUT2D eigenvalue weighted by atomic mass is 35.5. The third-order valence-corrected chi connectivity index (χ3v) is 5.58. The topological polar surface area (TPSA) is 41.1 Å². The molecule has 1 rings (SSSR count). The maximum atomic E-state index is 11.9. The van der Waals surface area contributed by atoms with Crippen LogP contribution in [0.4, 0.5) is 5.69 Å². The van der Waals surface area contributed by atoms with Crippen molar-refractivity contribution in [2.45, 2.75) is 96.8 Å². The third-order valence-electron chi connectivity index (χ3n) is 5.14. The molecule has 0 atom stereocenters. The fourth-order valence-corrected chi connectivity index (χ4v) is 4.00. The maximum Gasteiger partial charge on any atom is 0.238 e. The Labute approximate surface area is 188 Å². The molecule has 5 heteroatoms. The average Bonchev–Trinajstić information content (AvgIpc) is 2.67. The molecule has 0 saturated carbocycles. The van der Waals surface area contributed by atoms with Gasteiger partial charge < -0.3 is 10.6 Å². The van der Waals surface area contributed by atoms with Crippen LogP contribution >= 0.6 is 23.2 Å². The molecule has 0 saturated heterocycles. The van der Waals surface area contributed by atoms with Crippen molar-refractivity contribution in [2.24, 2.45) is 0 Å². The Balaban J connectivity index is 1.84. The Hall–Kier alpha value is -0.770. The van der Waals surface area contributed by atoms with E-state index in [0.717, 1.165) is 13.0 Å². The van der Waals surface area contributed by atoms with Crippen molar-refractivity contribution in [1.82, 2.24) is 5.32 Å². The van der Waals surface area contributed by atoms with Gasteiger partial charge in [-0.25, -0.2) is 0 Å². The Morgan fingerprint density at radius 3 is 1.66 bits per heavy atom. The van der Waals surface area contributed by atoms with Crippen LogP contribution in [0.15, 0.2) is 18.2 Å². The van der Waals surface area contributed by atoms with E-state index in [-0.39, 0.29) is 5.91 Å². The summed E-state index contributed by atoms with van der Waals surface area (Å²) in [5, 5.41) is 7.04. The van der Waals surface area contributed by atoms with Crippen LogP contribution in [0.3, 0.4) is 0 Å². The van der Waals surface area contributed by atoms with Gasteiger partial charge in [-0.15, -0.1) is 0 Å². The van der Waals surface area contributed by atoms with Gasteiger partial charge in [0.1, 0.15) is 0 Å². The zero-order valence-electron chi connectivity index (χ0n) is 18.2. The van der Waals surface area contributed by atoms with Gasteiger partial charge in [0, 0.05) is 15.7 Å². The molecular formula is C24H40Cl2N2O. The van der Waals surface area contributed by atoms with Crippen LogP contribution in [0.25, 0.3) is 0 Å². The standard InChI is InChI=1S/C24H40Cl2N2O/c1-2-3-4-5-6-7-8-9-10-11-12-13-14-15-16-27-20-24(29)28-23-18-21(25)17-22(26)19-23/h17-19,27H,2-16,20H2,1H3,(H,28,29). The van der Waals surface area contributed by atoms with Crippen LogP contribution in [0.2, 0.25) is 10.0 Å². The molecule has 0 aliphatic carbocycles. The molecule has 0 spiro atoms. The van der Waals surface area contributed by atoms with Gasteiger partial charge in [-0.3, -0.25) is 4.79 Å². The molecule has 0 unspecified atom stereocenters. The molecule has 0 fully saturated rings. The van der Waals surface area contributed by atoms with E-state index in [1.165, 1.54) is 83.5 Å². The SMILES string of the molecule is CCCCCCCCCCCCCCCCNCC(=O)Nc1cc(Cl)cc(Cl)c1. The van der Waals surface area contributed by atoms with Gasteiger partial charge in [-0.05, 0) is 31.2 Å². The smallest absolute Gasteiger partial charge is 0.238 e. The van der Waals surface area contributed by atoms with Crippen LogP contribution in [-0.4, -0.2) is 19.0 Å². The average molecular weight is 444 g/mol. The van der Waals surface area contributed by atoms with Gasteiger partial charge in [0.25, 0.3) is 0 Å². The fraction of sp³-hybridized carbons (Fsp3) is 0.708. The van der Waals surface area contributed by atoms with Crippen LogP contribution in [0.1, 0.15) is 96.8 Å². The monoisotopic (exact) mass is 442 g/mol. The number of amides is 1. The number of nitrogens with one attached hydrogen (secondary N) is 2. The molecule has 2 N–H and O–H groups in total. The Kier molecular flexibility index (Phi) is 16.3. The van der Waals surface area contributed by atoms with Crippen molar-refractivity contribution in [1.29, 1.82) is 0 Å². The second-order valence-electron chi connectivity index (χ2n) is 7.98. The molecule has 0 radical (unpaired) electrons. The van der Waals surface area contributed by atoms with E-state index < -0.39 is 0 Å². The molecule has 0 bridgehead atoms. The first-order valence-corrected chi connectivity index (χ1v) is 12.3. The highest BCUT2D eigenvalue weighted by molar-refractivity contribution is 6.35. The van der Waals surface area contributed by atoms with Crippen molar-refractivity contribution in [3.63, 3.8) is 0 Å². The van der Waals surface area contributed by atoms with Gasteiger partial charge in [0.2, 0.25) is 5.91 Å². The van der Waals surface area contributed by atoms with E-state index in [1.807, 2.05) is 0 Å². The van der Waals surface area contributed by atoms with Crippen LogP contribution in [0.5, 0.6) is 0 Å². The zero-order chi connectivity index (χ0) is 21.2. The van der Waals surface area contributed by atoms with Gasteiger partial charge in [-0.1, -0.05) is 114 Å². The van der Waals surface area contributed by atoms with Crippen molar-refractivity contribution in [3.8, 4) is 0 Å². The summed E-state index contributed by atoms with van der Waals surface area (Å²) in [6.45, 7) is 3.46. The summed E-state index contributed by atoms with van der Waals surface area (Å²) in [5.41, 5.74) is 0.630. The van der Waals surface area contributed by atoms with E-state index in [4.69, 9.17) is 23.2 Å². The summed E-state index contributed by atoms with van der Waals surface area (Å²) in [5.74, 6) is -0.0753. The first-order valence-electron chi connectivity index (χ1n) is 11.6. The number of hydrogen-bond donors (Lipinski definition) is 2. The molecular weight excluding hydrogens is 403 g/mol. The van der Waals surface area contributed by atoms with Crippen molar-refractivity contribution < 1.29 is 4.79 Å². The minimum absolute atomic E-state index is 0.0753. The van der Waals surface area contributed by atoms with E-state index in [0.29, 0.717) is 22.3 Å². The highest BCUT2D eigenvalue weighted by Gasteiger charge is 2.04. The number of carbonyl (C=O) groups is 1. The quantitative estimate of drug-likeness (QED) is 0.226. The number of benzene rings is 1. The maximum absolute atomic E-state index is 11.9. The first kappa shape index (κ1) is 26.3. The second-order valence-corrected chi connectivity index (χ2v) is 8.85. The van der Waals surface area contributed by atoms with Crippen LogP contribution < -0.4 is 10.6 Å².